The number of rotatable bonds is 4. The van der Waals surface area contributed by atoms with Gasteiger partial charge < -0.3 is 16.0 Å². The highest BCUT2D eigenvalue weighted by molar-refractivity contribution is 9.10. The van der Waals surface area contributed by atoms with Crippen molar-refractivity contribution < 1.29 is 4.79 Å². The van der Waals surface area contributed by atoms with Crippen LogP contribution in [0.2, 0.25) is 5.02 Å². The minimum Gasteiger partial charge on any atom is -0.378 e. The Bertz CT molecular complexity index is 1130. The van der Waals surface area contributed by atoms with Gasteiger partial charge in [0.15, 0.2) is 5.65 Å². The van der Waals surface area contributed by atoms with Crippen LogP contribution in [0.1, 0.15) is 6.42 Å². The lowest BCUT2D eigenvalue weighted by Gasteiger charge is -2.28. The Hall–Kier alpha value is -2.38. The van der Waals surface area contributed by atoms with Crippen molar-refractivity contribution in [3.05, 3.63) is 52.1 Å². The second kappa shape index (κ2) is 6.60. The molecule has 1 saturated carbocycles. The molecule has 0 unspecified atom stereocenters. The van der Waals surface area contributed by atoms with E-state index in [1.54, 1.807) is 6.20 Å². The molecule has 6 nitrogen and oxygen atoms in total. The van der Waals surface area contributed by atoms with E-state index in [0.29, 0.717) is 22.0 Å². The number of aromatic nitrogens is 3. The molecule has 4 N–H and O–H groups in total. The molecule has 0 radical (unpaired) electrons. The van der Waals surface area contributed by atoms with E-state index in [0.717, 1.165) is 22.1 Å². The number of imidazole rings is 1. The van der Waals surface area contributed by atoms with Crippen molar-refractivity contribution in [1.29, 1.82) is 0 Å². The molecule has 1 aromatic carbocycles. The van der Waals surface area contributed by atoms with Crippen LogP contribution in [0.3, 0.4) is 0 Å². The average Bonchev–Trinajstić information content (AvgIpc) is 3.38. The Kier molecular flexibility index (Phi) is 4.17. The molecule has 2 heterocycles. The van der Waals surface area contributed by atoms with Gasteiger partial charge in [-0.3, -0.25) is 4.79 Å². The van der Waals surface area contributed by atoms with Crippen molar-refractivity contribution in [3.63, 3.8) is 0 Å². The van der Waals surface area contributed by atoms with Gasteiger partial charge in [-0.2, -0.15) is 0 Å². The van der Waals surface area contributed by atoms with E-state index in [1.165, 1.54) is 0 Å². The average molecular weight is 459 g/mol. The first-order valence-corrected chi connectivity index (χ1v) is 10.2. The lowest BCUT2D eigenvalue weighted by molar-refractivity contribution is -0.122. The molecule has 2 aliphatic rings. The van der Waals surface area contributed by atoms with Crippen LogP contribution in [0.5, 0.6) is 0 Å². The van der Waals surface area contributed by atoms with Crippen molar-refractivity contribution >= 4 is 50.3 Å². The number of primary amides is 1. The van der Waals surface area contributed by atoms with Gasteiger partial charge in [0.25, 0.3) is 0 Å². The van der Waals surface area contributed by atoms with Crippen LogP contribution in [-0.4, -0.2) is 26.9 Å². The molecule has 0 saturated heterocycles. The predicted octanol–water partition coefficient (Wildman–Crippen LogP) is 4.13. The van der Waals surface area contributed by atoms with Gasteiger partial charge in [0.05, 0.1) is 16.1 Å². The van der Waals surface area contributed by atoms with Crippen LogP contribution in [0.15, 0.2) is 47.1 Å². The number of hydrogen-bond donors (Lipinski definition) is 3. The van der Waals surface area contributed by atoms with E-state index in [4.69, 9.17) is 22.3 Å². The van der Waals surface area contributed by atoms with Gasteiger partial charge in [-0.1, -0.05) is 35.9 Å². The maximum absolute atomic E-state index is 12.1. The van der Waals surface area contributed by atoms with Crippen LogP contribution in [0, 0.1) is 17.8 Å². The summed E-state index contributed by atoms with van der Waals surface area (Å²) in [6, 6.07) is 7.44. The summed E-state index contributed by atoms with van der Waals surface area (Å²) in [5.41, 5.74) is 8.76. The number of nitrogens with one attached hydrogen (secondary N) is 2. The number of carbonyl (C=O) groups excluding carboxylic acids is 1. The normalized spacial score (nSPS) is 25.5. The number of anilines is 1. The van der Waals surface area contributed by atoms with Gasteiger partial charge in [-0.15, -0.1) is 0 Å². The van der Waals surface area contributed by atoms with Crippen molar-refractivity contribution in [2.45, 2.75) is 12.5 Å². The maximum atomic E-state index is 12.1. The van der Waals surface area contributed by atoms with Crippen LogP contribution >= 0.6 is 27.5 Å². The smallest absolute Gasteiger partial charge is 0.223 e. The molecule has 142 valence electrons. The van der Waals surface area contributed by atoms with E-state index in [9.17, 15) is 4.79 Å². The fraction of sp³-hybridized carbons (Fsp3) is 0.250. The van der Waals surface area contributed by atoms with Gasteiger partial charge in [0.1, 0.15) is 11.3 Å². The number of aromatic amines is 1. The number of carbonyl (C=O) groups is 1. The highest BCUT2D eigenvalue weighted by Crippen LogP contribution is 2.46. The number of pyridine rings is 1. The molecule has 2 aliphatic carbocycles. The monoisotopic (exact) mass is 457 g/mol. The van der Waals surface area contributed by atoms with Gasteiger partial charge >= 0.3 is 0 Å². The second-order valence-electron chi connectivity index (χ2n) is 7.32. The molecule has 0 aliphatic heterocycles. The van der Waals surface area contributed by atoms with Crippen molar-refractivity contribution in [3.8, 4) is 11.4 Å². The molecular formula is C20H17BrClN5O. The van der Waals surface area contributed by atoms with E-state index in [1.807, 2.05) is 24.3 Å². The number of allylic oxidation sites excluding steroid dienone is 1. The first kappa shape index (κ1) is 17.7. The van der Waals surface area contributed by atoms with E-state index in [2.05, 4.69) is 43.4 Å². The number of fused-ring (bicyclic) bond motifs is 3. The maximum Gasteiger partial charge on any atom is 0.223 e. The summed E-state index contributed by atoms with van der Waals surface area (Å²) in [5, 5.41) is 4.19. The van der Waals surface area contributed by atoms with Crippen LogP contribution < -0.4 is 11.1 Å². The van der Waals surface area contributed by atoms with Crippen LogP contribution in [0.4, 0.5) is 5.69 Å². The molecule has 28 heavy (non-hydrogen) atoms. The summed E-state index contributed by atoms with van der Waals surface area (Å²) in [5.74, 6) is 0.681. The minimum atomic E-state index is -0.266. The summed E-state index contributed by atoms with van der Waals surface area (Å²) in [4.78, 5) is 24.5. The third-order valence-electron chi connectivity index (χ3n) is 5.66. The summed E-state index contributed by atoms with van der Waals surface area (Å²) < 4.78 is 0.791. The molecular weight excluding hydrogens is 442 g/mol. The molecule has 8 heteroatoms. The third-order valence-corrected chi connectivity index (χ3v) is 6.50. The highest BCUT2D eigenvalue weighted by Gasteiger charge is 2.47. The Morgan fingerprint density at radius 2 is 2.14 bits per heavy atom. The molecule has 3 aromatic rings. The first-order valence-electron chi connectivity index (χ1n) is 9.05. The third kappa shape index (κ3) is 2.81. The Morgan fingerprint density at radius 1 is 1.32 bits per heavy atom. The number of halogens is 2. The lowest BCUT2D eigenvalue weighted by atomic mass is 9.88. The molecule has 5 rings (SSSR count). The van der Waals surface area contributed by atoms with E-state index in [-0.39, 0.29) is 29.7 Å². The molecule has 0 spiro atoms. The van der Waals surface area contributed by atoms with Crippen molar-refractivity contribution in [1.82, 2.24) is 15.0 Å². The largest absolute Gasteiger partial charge is 0.378 e. The summed E-state index contributed by atoms with van der Waals surface area (Å²) in [7, 11) is 0. The second-order valence-corrected chi connectivity index (χ2v) is 8.61. The summed E-state index contributed by atoms with van der Waals surface area (Å²) in [6.07, 6.45) is 6.97. The highest BCUT2D eigenvalue weighted by atomic mass is 79.9. The van der Waals surface area contributed by atoms with Crippen molar-refractivity contribution in [2.75, 3.05) is 5.32 Å². The minimum absolute atomic E-state index is 0.0549. The molecule has 4 atom stereocenters. The van der Waals surface area contributed by atoms with E-state index >= 15 is 0 Å². The summed E-state index contributed by atoms with van der Waals surface area (Å²) in [6.45, 7) is 0. The quantitative estimate of drug-likeness (QED) is 0.512. The molecule has 1 amide bonds. The van der Waals surface area contributed by atoms with Crippen molar-refractivity contribution in [2.24, 2.45) is 23.5 Å². The predicted molar refractivity (Wildman–Crippen MR) is 113 cm³/mol. The Morgan fingerprint density at radius 3 is 2.93 bits per heavy atom. The van der Waals surface area contributed by atoms with Crippen LogP contribution in [-0.2, 0) is 4.79 Å². The number of nitrogens with two attached hydrogens (primary N) is 1. The van der Waals surface area contributed by atoms with Crippen LogP contribution in [0.25, 0.3) is 22.6 Å². The Balaban J connectivity index is 1.57. The number of benzene rings is 1. The standard InChI is InChI=1S/C20H17BrClN5O/c21-13-8-24-20-17(26-19(27-20)11-2-1-3-12(22)7-11)16(13)25-15-10-5-4-9(6-10)14(15)18(23)28/h1-5,7-10,14-15H,6H2,(H2,23,28)(H2,24,25,26,27)/t9-,10+,14+,15-/m1/s1. The molecule has 2 aromatic heterocycles. The van der Waals surface area contributed by atoms with Gasteiger partial charge in [-0.25, -0.2) is 9.97 Å². The number of amides is 1. The number of hydrogen-bond acceptors (Lipinski definition) is 4. The van der Waals surface area contributed by atoms with Gasteiger partial charge in [-0.05, 0) is 46.3 Å². The SMILES string of the molecule is NC(=O)[C@@H]1[C@H](Nc2c(Br)cnc3[nH]c(-c4cccc(Cl)c4)nc23)[C@H]2C=C[C@@H]1C2. The topological polar surface area (TPSA) is 96.7 Å². The lowest BCUT2D eigenvalue weighted by Crippen LogP contribution is -2.41. The first-order chi connectivity index (χ1) is 13.5. The fourth-order valence-electron chi connectivity index (χ4n) is 4.41. The fourth-order valence-corrected chi connectivity index (χ4v) is 5.01. The van der Waals surface area contributed by atoms with Gasteiger partial charge in [0, 0.05) is 22.8 Å². The van der Waals surface area contributed by atoms with Gasteiger partial charge in [0.2, 0.25) is 5.91 Å². The molecule has 1 fully saturated rings. The summed E-state index contributed by atoms with van der Waals surface area (Å²) >= 11 is 9.70. The van der Waals surface area contributed by atoms with E-state index < -0.39 is 0 Å². The zero-order chi connectivity index (χ0) is 19.4. The number of nitrogens with zero attached hydrogens (tertiary/aromatic N) is 2. The zero-order valence-corrected chi connectivity index (χ0v) is 17.0. The number of H-pyrrole nitrogens is 1. The zero-order valence-electron chi connectivity index (χ0n) is 14.7. The Labute approximate surface area is 174 Å². The molecule has 2 bridgehead atoms.